The molecule has 34 heavy (non-hydrogen) atoms. The molecule has 2 aliphatic rings. The number of nitrogens with zero attached hydrogens (tertiary/aromatic N) is 2. The average Bonchev–Trinajstić information content (AvgIpc) is 3.35. The molecule has 2 aliphatic carbocycles. The van der Waals surface area contributed by atoms with E-state index in [1.54, 1.807) is 24.6 Å². The Kier molecular flexibility index (Phi) is 6.95. The first kappa shape index (κ1) is 23.8. The number of carbonyl (C=O) groups is 2. The SMILES string of the molecule is CCOC(=O)c1sc2c(c1NC(=O)CSc1ncnc3sc4c(c13)CCC(C)C4)CCC(C)C2. The van der Waals surface area contributed by atoms with E-state index in [-0.39, 0.29) is 17.6 Å². The number of amides is 1. The van der Waals surface area contributed by atoms with Crippen LogP contribution >= 0.6 is 34.4 Å². The normalized spacial score (nSPS) is 19.5. The van der Waals surface area contributed by atoms with Crippen molar-refractivity contribution in [1.82, 2.24) is 9.97 Å². The number of thioether (sulfide) groups is 1. The summed E-state index contributed by atoms with van der Waals surface area (Å²) in [7, 11) is 0. The molecule has 1 amide bonds. The zero-order valence-corrected chi connectivity index (χ0v) is 22.2. The van der Waals surface area contributed by atoms with Crippen molar-refractivity contribution in [3.63, 3.8) is 0 Å². The van der Waals surface area contributed by atoms with Crippen molar-refractivity contribution in [2.45, 2.75) is 64.3 Å². The van der Waals surface area contributed by atoms with Crippen LogP contribution in [-0.4, -0.2) is 34.2 Å². The first-order valence-electron chi connectivity index (χ1n) is 11.9. The molecule has 5 rings (SSSR count). The Balaban J connectivity index is 1.36. The van der Waals surface area contributed by atoms with Crippen LogP contribution in [0.4, 0.5) is 5.69 Å². The van der Waals surface area contributed by atoms with E-state index in [9.17, 15) is 9.59 Å². The molecule has 0 spiro atoms. The van der Waals surface area contributed by atoms with E-state index in [1.807, 2.05) is 0 Å². The largest absolute Gasteiger partial charge is 0.462 e. The van der Waals surface area contributed by atoms with Crippen molar-refractivity contribution in [3.8, 4) is 0 Å². The summed E-state index contributed by atoms with van der Waals surface area (Å²) in [6.45, 7) is 6.64. The van der Waals surface area contributed by atoms with Crippen molar-refractivity contribution in [1.29, 1.82) is 0 Å². The summed E-state index contributed by atoms with van der Waals surface area (Å²) < 4.78 is 5.28. The number of anilines is 1. The first-order chi connectivity index (χ1) is 16.4. The number of rotatable bonds is 6. The van der Waals surface area contributed by atoms with Gasteiger partial charge in [-0.25, -0.2) is 14.8 Å². The van der Waals surface area contributed by atoms with E-state index >= 15 is 0 Å². The van der Waals surface area contributed by atoms with Crippen LogP contribution in [0.15, 0.2) is 11.4 Å². The third-order valence-electron chi connectivity index (χ3n) is 6.63. The summed E-state index contributed by atoms with van der Waals surface area (Å²) in [6.07, 6.45) is 7.80. The van der Waals surface area contributed by atoms with Crippen molar-refractivity contribution in [3.05, 3.63) is 32.1 Å². The number of aromatic nitrogens is 2. The van der Waals surface area contributed by atoms with E-state index in [0.717, 1.165) is 52.9 Å². The summed E-state index contributed by atoms with van der Waals surface area (Å²) >= 11 is 4.69. The number of nitrogens with one attached hydrogen (secondary N) is 1. The van der Waals surface area contributed by atoms with Crippen molar-refractivity contribution < 1.29 is 14.3 Å². The highest BCUT2D eigenvalue weighted by atomic mass is 32.2. The van der Waals surface area contributed by atoms with E-state index < -0.39 is 0 Å². The van der Waals surface area contributed by atoms with Crippen LogP contribution in [0.5, 0.6) is 0 Å². The Hall–Kier alpha value is -1.97. The molecule has 0 saturated carbocycles. The number of hydrogen-bond acceptors (Lipinski definition) is 8. The van der Waals surface area contributed by atoms with Crippen LogP contribution in [-0.2, 0) is 35.2 Å². The minimum Gasteiger partial charge on any atom is -0.462 e. The predicted octanol–water partition coefficient (Wildman–Crippen LogP) is 5.91. The molecule has 2 atom stereocenters. The van der Waals surface area contributed by atoms with Gasteiger partial charge in [-0.1, -0.05) is 25.6 Å². The molecular weight excluding hydrogens is 486 g/mol. The van der Waals surface area contributed by atoms with E-state index in [1.165, 1.54) is 44.8 Å². The van der Waals surface area contributed by atoms with Gasteiger partial charge in [0.25, 0.3) is 0 Å². The topological polar surface area (TPSA) is 81.2 Å². The molecule has 2 unspecified atom stereocenters. The van der Waals surface area contributed by atoms with Gasteiger partial charge >= 0.3 is 5.97 Å². The molecule has 0 aliphatic heterocycles. The molecular formula is C25H29N3O3S3. The standard InChI is InChI=1S/C25H29N3O3S3/c1-4-31-25(30)22-21(16-8-6-14(3)10-18(16)33-22)28-19(29)11-32-23-20-15-7-5-13(2)9-17(15)34-24(20)27-12-26-23/h12-14H,4-11H2,1-3H3,(H,28,29). The smallest absolute Gasteiger partial charge is 0.350 e. The maximum absolute atomic E-state index is 13.1. The lowest BCUT2D eigenvalue weighted by atomic mass is 9.89. The first-order valence-corrected chi connectivity index (χ1v) is 14.6. The highest BCUT2D eigenvalue weighted by molar-refractivity contribution is 8.00. The third kappa shape index (κ3) is 4.62. The van der Waals surface area contributed by atoms with Crippen LogP contribution in [0.1, 0.15) is 64.2 Å². The minimum absolute atomic E-state index is 0.126. The van der Waals surface area contributed by atoms with Crippen LogP contribution in [0.2, 0.25) is 0 Å². The van der Waals surface area contributed by atoms with Gasteiger partial charge in [-0.3, -0.25) is 4.79 Å². The average molecular weight is 516 g/mol. The number of thiophene rings is 2. The molecule has 3 aromatic heterocycles. The second-order valence-electron chi connectivity index (χ2n) is 9.32. The number of hydrogen-bond donors (Lipinski definition) is 1. The van der Waals surface area contributed by atoms with Gasteiger partial charge < -0.3 is 10.1 Å². The number of aryl methyl sites for hydroxylation is 1. The fourth-order valence-corrected chi connectivity index (χ4v) is 8.49. The van der Waals surface area contributed by atoms with Crippen LogP contribution < -0.4 is 5.32 Å². The Morgan fingerprint density at radius 1 is 1.09 bits per heavy atom. The van der Waals surface area contributed by atoms with Crippen LogP contribution in [0.3, 0.4) is 0 Å². The molecule has 0 aromatic carbocycles. The van der Waals surface area contributed by atoms with Gasteiger partial charge in [0.1, 0.15) is 21.1 Å². The second kappa shape index (κ2) is 9.95. The van der Waals surface area contributed by atoms with Crippen LogP contribution in [0, 0.1) is 11.8 Å². The monoisotopic (exact) mass is 515 g/mol. The molecule has 0 fully saturated rings. The summed E-state index contributed by atoms with van der Waals surface area (Å²) in [5, 5.41) is 5.06. The Labute approximate surface area is 211 Å². The second-order valence-corrected chi connectivity index (χ2v) is 12.5. The Bertz CT molecular complexity index is 1250. The van der Waals surface area contributed by atoms with E-state index in [4.69, 9.17) is 4.74 Å². The number of fused-ring (bicyclic) bond motifs is 4. The molecule has 3 heterocycles. The fourth-order valence-electron chi connectivity index (χ4n) is 4.89. The summed E-state index contributed by atoms with van der Waals surface area (Å²) in [6, 6.07) is 0. The minimum atomic E-state index is -0.353. The number of ether oxygens (including phenoxy) is 1. The van der Waals surface area contributed by atoms with Gasteiger partial charge in [-0.2, -0.15) is 0 Å². The lowest BCUT2D eigenvalue weighted by molar-refractivity contribution is -0.113. The van der Waals surface area contributed by atoms with Gasteiger partial charge in [0.05, 0.1) is 18.0 Å². The summed E-state index contributed by atoms with van der Waals surface area (Å²) in [4.78, 5) is 38.9. The number of esters is 1. The highest BCUT2D eigenvalue weighted by Gasteiger charge is 2.29. The molecule has 3 aromatic rings. The lowest BCUT2D eigenvalue weighted by Gasteiger charge is -2.19. The molecule has 0 radical (unpaired) electrons. The third-order valence-corrected chi connectivity index (χ3v) is 10.0. The van der Waals surface area contributed by atoms with Crippen molar-refractivity contribution in [2.75, 3.05) is 17.7 Å². The van der Waals surface area contributed by atoms with Crippen molar-refractivity contribution >= 4 is 62.2 Å². The maximum atomic E-state index is 13.1. The highest BCUT2D eigenvalue weighted by Crippen LogP contribution is 2.42. The van der Waals surface area contributed by atoms with Crippen LogP contribution in [0.25, 0.3) is 10.2 Å². The van der Waals surface area contributed by atoms with Gasteiger partial charge in [0.15, 0.2) is 0 Å². The summed E-state index contributed by atoms with van der Waals surface area (Å²) in [5.74, 6) is 1.04. The van der Waals surface area contributed by atoms with Crippen molar-refractivity contribution in [2.24, 2.45) is 11.8 Å². The predicted molar refractivity (Wildman–Crippen MR) is 139 cm³/mol. The zero-order chi connectivity index (χ0) is 23.8. The molecule has 0 saturated heterocycles. The molecule has 9 heteroatoms. The van der Waals surface area contributed by atoms with Gasteiger partial charge in [0.2, 0.25) is 5.91 Å². The zero-order valence-electron chi connectivity index (χ0n) is 19.7. The maximum Gasteiger partial charge on any atom is 0.350 e. The molecule has 6 nitrogen and oxygen atoms in total. The Morgan fingerprint density at radius 3 is 2.53 bits per heavy atom. The quantitative estimate of drug-likeness (QED) is 0.250. The molecule has 1 N–H and O–H groups in total. The van der Waals surface area contributed by atoms with Gasteiger partial charge in [-0.15, -0.1) is 22.7 Å². The van der Waals surface area contributed by atoms with E-state index in [0.29, 0.717) is 29.0 Å². The lowest BCUT2D eigenvalue weighted by Crippen LogP contribution is -2.18. The van der Waals surface area contributed by atoms with Gasteiger partial charge in [0, 0.05) is 15.1 Å². The van der Waals surface area contributed by atoms with Gasteiger partial charge in [-0.05, 0) is 68.4 Å². The summed E-state index contributed by atoms with van der Waals surface area (Å²) in [5.41, 5.74) is 3.13. The number of carbonyl (C=O) groups excluding carboxylic acids is 2. The molecule has 180 valence electrons. The van der Waals surface area contributed by atoms with E-state index in [2.05, 4.69) is 29.1 Å². The molecule has 0 bridgehead atoms. The Morgan fingerprint density at radius 2 is 1.79 bits per heavy atom. The fraction of sp³-hybridized carbons (Fsp3) is 0.520.